The minimum absolute atomic E-state index is 0.107. The Morgan fingerprint density at radius 2 is 1.16 bits per heavy atom. The van der Waals surface area contributed by atoms with E-state index in [-0.39, 0.29) is 11.5 Å². The lowest BCUT2D eigenvalue weighted by molar-refractivity contribution is -0.353. The number of carbonyl (C=O) groups is 5. The van der Waals surface area contributed by atoms with E-state index in [2.05, 4.69) is 5.32 Å². The summed E-state index contributed by atoms with van der Waals surface area (Å²) in [7, 11) is -3.48. The molecule has 0 unspecified atom stereocenters. The van der Waals surface area contributed by atoms with Gasteiger partial charge in [0, 0.05) is 40.7 Å². The van der Waals surface area contributed by atoms with Crippen molar-refractivity contribution in [3.63, 3.8) is 0 Å². The zero-order valence-electron chi connectivity index (χ0n) is 31.3. The molecule has 0 spiro atoms. The van der Waals surface area contributed by atoms with Crippen LogP contribution in [0.4, 0.5) is 4.79 Å². The van der Waals surface area contributed by atoms with Gasteiger partial charge in [-0.3, -0.25) is 19.2 Å². The molecule has 2 aromatic carbocycles. The molecule has 302 valence electrons. The maximum absolute atomic E-state index is 14.7. The summed E-state index contributed by atoms with van der Waals surface area (Å²) in [5, 5.41) is 2.28. The van der Waals surface area contributed by atoms with E-state index in [9.17, 15) is 28.5 Å². The van der Waals surface area contributed by atoms with Crippen molar-refractivity contribution in [2.75, 3.05) is 13.7 Å². The zero-order valence-corrected chi connectivity index (χ0v) is 32.2. The summed E-state index contributed by atoms with van der Waals surface area (Å²) in [6, 6.07) is 16.1. The van der Waals surface area contributed by atoms with Gasteiger partial charge in [0.05, 0.1) is 6.10 Å². The lowest BCUT2D eigenvalue weighted by Crippen LogP contribution is -2.65. The molecule has 0 radical (unpaired) electrons. The topological polar surface area (TPSA) is 216 Å². The number of phosphoric ester groups is 1. The Balaban J connectivity index is 1.84. The smallest absolute Gasteiger partial charge is 0.463 e. The van der Waals surface area contributed by atoms with Gasteiger partial charge in [-0.15, -0.1) is 0 Å². The number of alkyl carbamates (subject to hydrolysis) is 1. The summed E-state index contributed by atoms with van der Waals surface area (Å²) in [4.78, 5) is 62.0. The van der Waals surface area contributed by atoms with E-state index in [0.717, 1.165) is 20.8 Å². The third-order valence-electron chi connectivity index (χ3n) is 8.25. The molecule has 55 heavy (non-hydrogen) atoms. The van der Waals surface area contributed by atoms with Crippen LogP contribution in [0.15, 0.2) is 60.7 Å². The van der Waals surface area contributed by atoms with Gasteiger partial charge in [0.15, 0.2) is 24.6 Å². The number of carbonyl (C=O) groups excluding carboxylic acids is 5. The number of para-hydroxylation sites is 2. The molecule has 2 aliphatic heterocycles. The second kappa shape index (κ2) is 19.7. The molecular weight excluding hydrogens is 749 g/mol. The Kier molecular flexibility index (Phi) is 15.4. The average molecular weight is 796 g/mol. The predicted molar refractivity (Wildman–Crippen MR) is 187 cm³/mol. The SMILES string of the molecule is CC[C@@H]1O[C@H](OP(=O)(Oc2ccccc2)Oc2ccccc2)[C@@H](O[C@H]2O[C@H](COC(C)=O)[C@@H](OC(C)=O)[C@H](OC(C)=O)[C@@H]2OC(=O)NC)[C@@H](OC(C)=O)[C@@H]1C. The van der Waals surface area contributed by atoms with Crippen LogP contribution in [-0.4, -0.2) is 98.9 Å². The summed E-state index contributed by atoms with van der Waals surface area (Å²) in [6.45, 7) is 7.41. The molecule has 2 heterocycles. The highest BCUT2D eigenvalue weighted by Crippen LogP contribution is 2.53. The van der Waals surface area contributed by atoms with Crippen LogP contribution in [0.1, 0.15) is 48.0 Å². The molecule has 1 amide bonds. The van der Waals surface area contributed by atoms with Gasteiger partial charge in [-0.1, -0.05) is 50.2 Å². The lowest BCUT2D eigenvalue weighted by atomic mass is 9.89. The number of nitrogens with one attached hydrogen (secondary N) is 1. The Bertz CT molecular complexity index is 1620. The summed E-state index contributed by atoms with van der Waals surface area (Å²) >= 11 is 0. The average Bonchev–Trinajstić information content (AvgIpc) is 3.12. The molecule has 18 nitrogen and oxygen atoms in total. The van der Waals surface area contributed by atoms with Crippen molar-refractivity contribution in [2.24, 2.45) is 5.92 Å². The number of hydrogen-bond donors (Lipinski definition) is 1. The van der Waals surface area contributed by atoms with E-state index >= 15 is 0 Å². The number of phosphoric acid groups is 1. The van der Waals surface area contributed by atoms with Crippen LogP contribution < -0.4 is 14.4 Å². The van der Waals surface area contributed by atoms with E-state index in [1.54, 1.807) is 50.2 Å². The molecule has 2 saturated heterocycles. The van der Waals surface area contributed by atoms with E-state index in [1.807, 2.05) is 0 Å². The molecule has 4 rings (SSSR count). The summed E-state index contributed by atoms with van der Waals surface area (Å²) in [5.41, 5.74) is 0. The van der Waals surface area contributed by atoms with Crippen LogP contribution in [0.25, 0.3) is 0 Å². The van der Waals surface area contributed by atoms with Gasteiger partial charge in [-0.2, -0.15) is 0 Å². The normalized spacial score (nSPS) is 27.8. The van der Waals surface area contributed by atoms with Gasteiger partial charge >= 0.3 is 37.8 Å². The molecule has 0 aromatic heterocycles. The molecular formula is C36H46NO17P. The monoisotopic (exact) mass is 795 g/mol. The van der Waals surface area contributed by atoms with Crippen LogP contribution in [0.3, 0.4) is 0 Å². The van der Waals surface area contributed by atoms with Gasteiger partial charge in [-0.25, -0.2) is 13.9 Å². The largest absolute Gasteiger partial charge is 0.590 e. The third-order valence-corrected chi connectivity index (χ3v) is 9.58. The first kappa shape index (κ1) is 43.0. The van der Waals surface area contributed by atoms with Gasteiger partial charge in [0.1, 0.15) is 36.4 Å². The van der Waals surface area contributed by atoms with Crippen molar-refractivity contribution in [2.45, 2.75) is 103 Å². The fourth-order valence-corrected chi connectivity index (χ4v) is 7.26. The highest BCUT2D eigenvalue weighted by atomic mass is 31.2. The molecule has 19 heteroatoms. The van der Waals surface area contributed by atoms with Gasteiger partial charge in [0.25, 0.3) is 0 Å². The van der Waals surface area contributed by atoms with Crippen LogP contribution in [-0.2, 0) is 66.2 Å². The van der Waals surface area contributed by atoms with E-state index < -0.39 is 106 Å². The van der Waals surface area contributed by atoms with E-state index in [1.165, 1.54) is 38.2 Å². The van der Waals surface area contributed by atoms with Crippen molar-refractivity contribution in [3.8, 4) is 11.5 Å². The molecule has 10 atom stereocenters. The van der Waals surface area contributed by atoms with Crippen molar-refractivity contribution in [1.29, 1.82) is 0 Å². The highest BCUT2D eigenvalue weighted by molar-refractivity contribution is 7.49. The summed E-state index contributed by atoms with van der Waals surface area (Å²) in [5.74, 6) is -3.57. The number of benzene rings is 2. The van der Waals surface area contributed by atoms with Crippen molar-refractivity contribution in [1.82, 2.24) is 5.32 Å². The van der Waals surface area contributed by atoms with Crippen molar-refractivity contribution < 1.29 is 80.0 Å². The molecule has 0 aliphatic carbocycles. The predicted octanol–water partition coefficient (Wildman–Crippen LogP) is 4.23. The van der Waals surface area contributed by atoms with Crippen molar-refractivity contribution >= 4 is 37.8 Å². The van der Waals surface area contributed by atoms with Crippen molar-refractivity contribution in [3.05, 3.63) is 60.7 Å². The standard InChI is InChI=1S/C36H46NO17P/c1-8-27-20(2)29(45-22(4)39)32(35(48-27)54-55(43,52-25-15-11-9-12-16-25)53-26-17-13-10-14-18-26)50-34-33(51-36(42)37-7)31(47-24(6)41)30(46-23(5)40)28(49-34)19-44-21(3)38/h9-18,20,27-35H,8,19H2,1-7H3,(H,37,42)/t20-,27+,28-,29+,30-,31+,32+,33+,34-,35-/m1/s1. The summed E-state index contributed by atoms with van der Waals surface area (Å²) < 4.78 is 79.0. The molecule has 1 N–H and O–H groups in total. The number of ether oxygens (including phenoxy) is 8. The number of rotatable bonds is 15. The Morgan fingerprint density at radius 3 is 1.65 bits per heavy atom. The first-order valence-corrected chi connectivity index (χ1v) is 18.9. The van der Waals surface area contributed by atoms with Crippen LogP contribution in [0.5, 0.6) is 11.5 Å². The third kappa shape index (κ3) is 12.1. The molecule has 0 saturated carbocycles. The maximum Gasteiger partial charge on any atom is 0.590 e. The Morgan fingerprint density at radius 1 is 0.655 bits per heavy atom. The Labute approximate surface area is 317 Å². The number of esters is 4. The second-order valence-electron chi connectivity index (χ2n) is 12.5. The van der Waals surface area contributed by atoms with E-state index in [0.29, 0.717) is 6.42 Å². The minimum atomic E-state index is -4.74. The molecule has 2 fully saturated rings. The van der Waals surface area contributed by atoms with E-state index in [4.69, 9.17) is 51.5 Å². The van der Waals surface area contributed by atoms with Gasteiger partial charge in [0.2, 0.25) is 6.29 Å². The van der Waals surface area contributed by atoms with Gasteiger partial charge < -0.3 is 52.3 Å². The lowest BCUT2D eigenvalue weighted by Gasteiger charge is -2.48. The zero-order chi connectivity index (χ0) is 40.3. The van der Waals surface area contributed by atoms with Crippen LogP contribution in [0.2, 0.25) is 0 Å². The highest BCUT2D eigenvalue weighted by Gasteiger charge is 2.57. The Hall–Kier alpha value is -4.74. The molecule has 0 bridgehead atoms. The number of amides is 1. The quantitative estimate of drug-likeness (QED) is 0.152. The molecule has 2 aromatic rings. The number of hydrogen-bond acceptors (Lipinski definition) is 17. The first-order valence-electron chi connectivity index (χ1n) is 17.4. The minimum Gasteiger partial charge on any atom is -0.463 e. The first-order chi connectivity index (χ1) is 26.1. The summed E-state index contributed by atoms with van der Waals surface area (Å²) in [6.07, 6.45) is -13.9. The van der Waals surface area contributed by atoms with Crippen LogP contribution >= 0.6 is 7.82 Å². The fourth-order valence-electron chi connectivity index (χ4n) is 5.95. The van der Waals surface area contributed by atoms with Crippen LogP contribution in [0, 0.1) is 5.92 Å². The maximum atomic E-state index is 14.7. The second-order valence-corrected chi connectivity index (χ2v) is 13.9. The fraction of sp³-hybridized carbons (Fsp3) is 0.528. The molecule has 2 aliphatic rings. The van der Waals surface area contributed by atoms with Gasteiger partial charge in [-0.05, 0) is 30.7 Å².